The minimum atomic E-state index is -1.52. The third-order valence-electron chi connectivity index (χ3n) is 6.42. The molecule has 0 aliphatic rings. The molecule has 41 heavy (non-hydrogen) atoms. The van der Waals surface area contributed by atoms with Gasteiger partial charge >= 0.3 is 0 Å². The second kappa shape index (κ2) is 12.6. The molecule has 212 valence electrons. The van der Waals surface area contributed by atoms with E-state index in [9.17, 15) is 20.3 Å². The van der Waals surface area contributed by atoms with Gasteiger partial charge in [-0.25, -0.2) is 4.98 Å². The predicted molar refractivity (Wildman–Crippen MR) is 154 cm³/mol. The van der Waals surface area contributed by atoms with Crippen molar-refractivity contribution in [3.63, 3.8) is 0 Å². The van der Waals surface area contributed by atoms with E-state index in [1.165, 1.54) is 7.11 Å². The number of quaternary nitrogens is 1. The summed E-state index contributed by atoms with van der Waals surface area (Å²) in [4.78, 5) is 20.5. The van der Waals surface area contributed by atoms with Crippen LogP contribution in [0, 0.1) is 6.92 Å². The molecule has 0 aliphatic carbocycles. The van der Waals surface area contributed by atoms with E-state index in [1.54, 1.807) is 48.8 Å². The molecular formula is C30H33N6O5+. The molecule has 11 heteroatoms. The Kier molecular flexibility index (Phi) is 8.95. The van der Waals surface area contributed by atoms with Crippen LogP contribution in [0.4, 0.5) is 11.5 Å². The van der Waals surface area contributed by atoms with Crippen molar-refractivity contribution in [3.05, 3.63) is 108 Å². The lowest BCUT2D eigenvalue weighted by molar-refractivity contribution is -1.24. The van der Waals surface area contributed by atoms with Crippen LogP contribution in [0.15, 0.2) is 85.8 Å². The van der Waals surface area contributed by atoms with Crippen molar-refractivity contribution in [3.8, 4) is 22.8 Å². The lowest BCUT2D eigenvalue weighted by Gasteiger charge is -2.17. The maximum absolute atomic E-state index is 13.0. The fourth-order valence-corrected chi connectivity index (χ4v) is 4.16. The van der Waals surface area contributed by atoms with Gasteiger partial charge in [0, 0.05) is 16.8 Å². The van der Waals surface area contributed by atoms with Crippen LogP contribution in [0.1, 0.15) is 40.0 Å². The van der Waals surface area contributed by atoms with Crippen LogP contribution in [0.3, 0.4) is 0 Å². The second-order valence-corrected chi connectivity index (χ2v) is 9.44. The van der Waals surface area contributed by atoms with E-state index in [4.69, 9.17) is 4.74 Å². The summed E-state index contributed by atoms with van der Waals surface area (Å²) in [6.07, 6.45) is 4.19. The number of aromatic nitrogens is 2. The highest BCUT2D eigenvalue weighted by Gasteiger charge is 2.18. The SMILES string of the molecule is C=C[N+](O)(O)NCc1ccc(C(=O)Nc2cccc(C(C)Nc3cncc(-c4ccc(O)c(OC)c4)n3)c2)c(C)c1. The summed E-state index contributed by atoms with van der Waals surface area (Å²) in [5, 5.41) is 35.3. The van der Waals surface area contributed by atoms with E-state index in [0.717, 1.165) is 28.5 Å². The average molecular weight is 558 g/mol. The van der Waals surface area contributed by atoms with Crippen molar-refractivity contribution in [2.45, 2.75) is 26.4 Å². The largest absolute Gasteiger partial charge is 0.504 e. The summed E-state index contributed by atoms with van der Waals surface area (Å²) in [6.45, 7) is 7.29. The molecule has 0 radical (unpaired) electrons. The molecule has 1 amide bonds. The van der Waals surface area contributed by atoms with Crippen molar-refractivity contribution in [2.24, 2.45) is 0 Å². The molecule has 1 atom stereocenters. The molecule has 1 aromatic heterocycles. The molecule has 0 bridgehead atoms. The molecule has 11 nitrogen and oxygen atoms in total. The molecule has 4 rings (SSSR count). The Balaban J connectivity index is 1.43. The number of ether oxygens (including phenoxy) is 1. The van der Waals surface area contributed by atoms with Gasteiger partial charge in [0.1, 0.15) is 5.82 Å². The van der Waals surface area contributed by atoms with Crippen molar-refractivity contribution < 1.29 is 30.0 Å². The number of hydrogen-bond acceptors (Lipinski definition) is 9. The number of anilines is 2. The third kappa shape index (κ3) is 7.44. The molecule has 0 aliphatic heterocycles. The van der Waals surface area contributed by atoms with E-state index in [1.807, 2.05) is 38.1 Å². The number of phenolic OH excluding ortho intramolecular Hbond substituents is 1. The van der Waals surface area contributed by atoms with E-state index in [0.29, 0.717) is 28.5 Å². The average Bonchev–Trinajstić information content (AvgIpc) is 2.96. The second-order valence-electron chi connectivity index (χ2n) is 9.44. The number of methoxy groups -OCH3 is 1. The number of benzene rings is 3. The molecule has 0 fully saturated rings. The number of hydroxylamine groups is 2. The van der Waals surface area contributed by atoms with E-state index < -0.39 is 4.92 Å². The zero-order valence-corrected chi connectivity index (χ0v) is 23.0. The fraction of sp³-hybridized carbons (Fsp3) is 0.167. The molecule has 0 saturated heterocycles. The molecular weight excluding hydrogens is 524 g/mol. The topological polar surface area (TPSA) is 149 Å². The smallest absolute Gasteiger partial charge is 0.255 e. The van der Waals surface area contributed by atoms with Gasteiger partial charge in [-0.3, -0.25) is 9.78 Å². The minimum Gasteiger partial charge on any atom is -0.504 e. The van der Waals surface area contributed by atoms with Gasteiger partial charge in [-0.15, -0.1) is 0 Å². The zero-order valence-electron chi connectivity index (χ0n) is 23.0. The lowest BCUT2D eigenvalue weighted by atomic mass is 10.0. The summed E-state index contributed by atoms with van der Waals surface area (Å²) in [7, 11) is 1.49. The first-order chi connectivity index (χ1) is 19.6. The zero-order chi connectivity index (χ0) is 29.6. The van der Waals surface area contributed by atoms with Crippen molar-refractivity contribution in [1.82, 2.24) is 15.4 Å². The minimum absolute atomic E-state index is 0.0449. The molecule has 0 spiro atoms. The highest BCUT2D eigenvalue weighted by molar-refractivity contribution is 6.05. The standard InChI is InChI=1S/C30H32N6O5/c1-5-36(39,40)32-16-21-9-11-25(19(2)13-21)30(38)34-24-8-6-7-22(14-24)20(3)33-29-18-31-17-26(35-29)23-10-12-27(37)28(15-23)41-4/h5-15,17-18,20,32,39-40H,1,16H2,2-4H3,(H2-,33,34,35,37,38)/p+1. The third-order valence-corrected chi connectivity index (χ3v) is 6.42. The molecule has 6 N–H and O–H groups in total. The van der Waals surface area contributed by atoms with Gasteiger partial charge in [-0.2, -0.15) is 10.4 Å². The number of phenols is 1. The van der Waals surface area contributed by atoms with Crippen molar-refractivity contribution in [2.75, 3.05) is 17.7 Å². The van der Waals surface area contributed by atoms with Crippen LogP contribution >= 0.6 is 0 Å². The number of amides is 1. The number of hydrogen-bond donors (Lipinski definition) is 6. The van der Waals surface area contributed by atoms with Gasteiger partial charge < -0.3 is 20.5 Å². The highest BCUT2D eigenvalue weighted by atomic mass is 16.9. The number of rotatable bonds is 11. The first-order valence-electron chi connectivity index (χ1n) is 12.8. The quantitative estimate of drug-likeness (QED) is 0.106. The predicted octanol–water partition coefficient (Wildman–Crippen LogP) is 5.33. The summed E-state index contributed by atoms with van der Waals surface area (Å²) < 4.78 is 5.20. The Morgan fingerprint density at radius 1 is 1.12 bits per heavy atom. The van der Waals surface area contributed by atoms with Crippen LogP contribution < -0.4 is 20.8 Å². The number of carbonyl (C=O) groups excluding carboxylic acids is 1. The Hall–Kier alpha value is -4.81. The van der Waals surface area contributed by atoms with Gasteiger partial charge in [-0.1, -0.05) is 29.7 Å². The number of aryl methyl sites for hydroxylation is 1. The van der Waals surface area contributed by atoms with Crippen molar-refractivity contribution in [1.29, 1.82) is 0 Å². The molecule has 4 aromatic rings. The fourth-order valence-electron chi connectivity index (χ4n) is 4.16. The van der Waals surface area contributed by atoms with Gasteiger partial charge in [-0.05, 0) is 73.5 Å². The molecule has 1 heterocycles. The van der Waals surface area contributed by atoms with Gasteiger partial charge in [0.25, 0.3) is 5.91 Å². The van der Waals surface area contributed by atoms with Crippen LogP contribution in [0.25, 0.3) is 11.3 Å². The summed E-state index contributed by atoms with van der Waals surface area (Å²) >= 11 is 0. The van der Waals surface area contributed by atoms with E-state index >= 15 is 0 Å². The number of carbonyl (C=O) groups is 1. The normalized spacial score (nSPS) is 11.9. The van der Waals surface area contributed by atoms with Gasteiger partial charge in [0.15, 0.2) is 17.7 Å². The number of nitrogens with one attached hydrogen (secondary N) is 3. The van der Waals surface area contributed by atoms with E-state index in [-0.39, 0.29) is 24.2 Å². The Bertz CT molecular complexity index is 1560. The highest BCUT2D eigenvalue weighted by Crippen LogP contribution is 2.31. The molecule has 0 saturated carbocycles. The molecule has 1 unspecified atom stereocenters. The van der Waals surface area contributed by atoms with Gasteiger partial charge in [0.2, 0.25) is 0 Å². The number of aromatic hydroxyl groups is 1. The molecule has 3 aromatic carbocycles. The number of nitrogens with zero attached hydrogens (tertiary/aromatic N) is 3. The summed E-state index contributed by atoms with van der Waals surface area (Å²) in [6, 6.07) is 17.6. The van der Waals surface area contributed by atoms with Crippen molar-refractivity contribution >= 4 is 17.4 Å². The maximum atomic E-state index is 13.0. The Morgan fingerprint density at radius 3 is 2.66 bits per heavy atom. The first-order valence-corrected chi connectivity index (χ1v) is 12.8. The lowest BCUT2D eigenvalue weighted by Crippen LogP contribution is -2.47. The Morgan fingerprint density at radius 2 is 1.93 bits per heavy atom. The Labute approximate surface area is 237 Å². The van der Waals surface area contributed by atoms with Crippen LogP contribution in [-0.2, 0) is 6.54 Å². The van der Waals surface area contributed by atoms with Crippen LogP contribution in [-0.4, -0.2) is 43.4 Å². The summed E-state index contributed by atoms with van der Waals surface area (Å²) in [5.41, 5.74) is 7.43. The first kappa shape index (κ1) is 29.2. The maximum Gasteiger partial charge on any atom is 0.255 e. The monoisotopic (exact) mass is 557 g/mol. The van der Waals surface area contributed by atoms with Crippen LogP contribution in [0.2, 0.25) is 0 Å². The van der Waals surface area contributed by atoms with E-state index in [2.05, 4.69) is 32.6 Å². The summed E-state index contributed by atoms with van der Waals surface area (Å²) in [5.74, 6) is 0.695. The van der Waals surface area contributed by atoms with Gasteiger partial charge in [0.05, 0.1) is 42.7 Å². The van der Waals surface area contributed by atoms with Crippen LogP contribution in [0.5, 0.6) is 11.5 Å².